The molecule has 1 unspecified atom stereocenters. The summed E-state index contributed by atoms with van der Waals surface area (Å²) in [5.74, 6) is -0.481. The zero-order valence-corrected chi connectivity index (χ0v) is 13.6. The van der Waals surface area contributed by atoms with E-state index in [0.29, 0.717) is 22.0 Å². The van der Waals surface area contributed by atoms with Crippen LogP contribution in [0.5, 0.6) is 0 Å². The Labute approximate surface area is 133 Å². The van der Waals surface area contributed by atoms with Gasteiger partial charge >= 0.3 is 0 Å². The van der Waals surface area contributed by atoms with Crippen molar-refractivity contribution >= 4 is 46.5 Å². The Bertz CT molecular complexity index is 499. The maximum absolute atomic E-state index is 12.0. The van der Waals surface area contributed by atoms with E-state index in [1.54, 1.807) is 13.0 Å². The monoisotopic (exact) mass is 335 g/mol. The minimum atomic E-state index is -0.667. The summed E-state index contributed by atoms with van der Waals surface area (Å²) in [6.07, 6.45) is 0.592. The molecule has 0 bridgehead atoms. The molecular weight excluding hydrogens is 321 g/mol. The molecule has 1 aromatic rings. The van der Waals surface area contributed by atoms with Gasteiger partial charge in [-0.2, -0.15) is 0 Å². The van der Waals surface area contributed by atoms with Crippen LogP contribution in [0.4, 0.5) is 0 Å². The van der Waals surface area contributed by atoms with Crippen LogP contribution in [-0.4, -0.2) is 24.1 Å². The fraction of sp³-hybridized carbons (Fsp3) is 0.429. The Morgan fingerprint density at radius 1 is 1.20 bits per heavy atom. The molecular formula is C14H16Cl3NO2. The molecule has 0 aliphatic carbocycles. The third-order valence-electron chi connectivity index (χ3n) is 3.34. The number of Topliss-reactive ketones (excluding diaryl/α,β-unsaturated/α-hetero) is 1. The second-order valence-corrected chi connectivity index (χ2v) is 5.95. The molecule has 3 nitrogen and oxygen atoms in total. The highest BCUT2D eigenvalue weighted by Gasteiger charge is 2.30. The molecule has 0 aromatic heterocycles. The maximum atomic E-state index is 12.0. The molecule has 0 spiro atoms. The Morgan fingerprint density at radius 2 is 1.75 bits per heavy atom. The third kappa shape index (κ3) is 4.37. The number of hydrogen-bond acceptors (Lipinski definition) is 2. The number of alkyl halides is 1. The summed E-state index contributed by atoms with van der Waals surface area (Å²) in [7, 11) is 0. The number of carbonyl (C=O) groups is 2. The average molecular weight is 337 g/mol. The van der Waals surface area contributed by atoms with Crippen LogP contribution < -0.4 is 5.32 Å². The summed E-state index contributed by atoms with van der Waals surface area (Å²) in [6.45, 7) is 3.88. The van der Waals surface area contributed by atoms with Crippen molar-refractivity contribution in [3.63, 3.8) is 0 Å². The van der Waals surface area contributed by atoms with Gasteiger partial charge in [-0.05, 0) is 24.6 Å². The number of carbonyl (C=O) groups excluding carboxylic acids is 2. The van der Waals surface area contributed by atoms with Crippen LogP contribution in [0.2, 0.25) is 10.0 Å². The van der Waals surface area contributed by atoms with Gasteiger partial charge < -0.3 is 5.32 Å². The summed E-state index contributed by atoms with van der Waals surface area (Å²) >= 11 is 17.3. The Morgan fingerprint density at radius 3 is 2.20 bits per heavy atom. The Hall–Kier alpha value is -0.770. The average Bonchev–Trinajstić information content (AvgIpc) is 2.42. The zero-order chi connectivity index (χ0) is 15.3. The van der Waals surface area contributed by atoms with Crippen molar-refractivity contribution in [2.24, 2.45) is 5.41 Å². The standard InChI is InChI=1S/C14H16Cl3NO2/c1-3-14(2,12(19)7-15)8-18-13(20)9-4-10(16)6-11(17)5-9/h4-6H,3,7-8H2,1-2H3,(H,18,20). The quantitative estimate of drug-likeness (QED) is 0.800. The molecule has 0 aliphatic heterocycles. The summed E-state index contributed by atoms with van der Waals surface area (Å²) < 4.78 is 0. The molecule has 0 fully saturated rings. The highest BCUT2D eigenvalue weighted by atomic mass is 35.5. The van der Waals surface area contributed by atoms with Crippen molar-refractivity contribution in [2.45, 2.75) is 20.3 Å². The van der Waals surface area contributed by atoms with Gasteiger partial charge in [-0.1, -0.05) is 37.0 Å². The van der Waals surface area contributed by atoms with E-state index in [0.717, 1.165) is 0 Å². The van der Waals surface area contributed by atoms with Gasteiger partial charge in [0.15, 0.2) is 5.78 Å². The van der Waals surface area contributed by atoms with Crippen molar-refractivity contribution in [3.05, 3.63) is 33.8 Å². The molecule has 0 aliphatic rings. The van der Waals surface area contributed by atoms with E-state index in [9.17, 15) is 9.59 Å². The van der Waals surface area contributed by atoms with Crippen molar-refractivity contribution < 1.29 is 9.59 Å². The smallest absolute Gasteiger partial charge is 0.251 e. The van der Waals surface area contributed by atoms with Crippen LogP contribution in [0.3, 0.4) is 0 Å². The van der Waals surface area contributed by atoms with Crippen LogP contribution in [0.15, 0.2) is 18.2 Å². The van der Waals surface area contributed by atoms with Crippen LogP contribution in [0.25, 0.3) is 0 Å². The van der Waals surface area contributed by atoms with Gasteiger partial charge in [0.25, 0.3) is 5.91 Å². The summed E-state index contributed by atoms with van der Waals surface area (Å²) in [4.78, 5) is 23.8. The van der Waals surface area contributed by atoms with E-state index in [1.807, 2.05) is 6.92 Å². The van der Waals surface area contributed by atoms with Gasteiger partial charge in [0.2, 0.25) is 0 Å². The predicted molar refractivity (Wildman–Crippen MR) is 82.9 cm³/mol. The Balaban J connectivity index is 2.78. The molecule has 0 heterocycles. The minimum Gasteiger partial charge on any atom is -0.351 e. The zero-order valence-electron chi connectivity index (χ0n) is 11.3. The fourth-order valence-corrected chi connectivity index (χ4v) is 2.49. The van der Waals surface area contributed by atoms with Gasteiger partial charge in [-0.25, -0.2) is 0 Å². The first-order valence-electron chi connectivity index (χ1n) is 6.16. The molecule has 1 N–H and O–H groups in total. The van der Waals surface area contributed by atoms with E-state index in [4.69, 9.17) is 34.8 Å². The van der Waals surface area contributed by atoms with Crippen molar-refractivity contribution in [1.29, 1.82) is 0 Å². The first-order chi connectivity index (χ1) is 9.32. The summed E-state index contributed by atoms with van der Waals surface area (Å²) in [5.41, 5.74) is -0.306. The second-order valence-electron chi connectivity index (χ2n) is 4.81. The predicted octanol–water partition coefficient (Wildman–Crippen LogP) is 3.95. The summed E-state index contributed by atoms with van der Waals surface area (Å²) in [5, 5.41) is 3.50. The number of halogens is 3. The van der Waals surface area contributed by atoms with Crippen molar-refractivity contribution in [3.8, 4) is 0 Å². The lowest BCUT2D eigenvalue weighted by molar-refractivity contribution is -0.125. The molecule has 1 amide bonds. The highest BCUT2D eigenvalue weighted by molar-refractivity contribution is 6.35. The molecule has 6 heteroatoms. The number of nitrogens with one attached hydrogen (secondary N) is 1. The van der Waals surface area contributed by atoms with Crippen LogP contribution in [-0.2, 0) is 4.79 Å². The number of hydrogen-bond donors (Lipinski definition) is 1. The van der Waals surface area contributed by atoms with Crippen LogP contribution >= 0.6 is 34.8 Å². The van der Waals surface area contributed by atoms with E-state index in [2.05, 4.69) is 5.32 Å². The van der Waals surface area contributed by atoms with Crippen molar-refractivity contribution in [1.82, 2.24) is 5.32 Å². The van der Waals surface area contributed by atoms with Gasteiger partial charge in [-0.15, -0.1) is 11.6 Å². The van der Waals surface area contributed by atoms with Crippen LogP contribution in [0, 0.1) is 5.41 Å². The Kier molecular flexibility index (Phi) is 6.31. The molecule has 110 valence electrons. The molecule has 0 saturated carbocycles. The molecule has 1 rings (SSSR count). The first kappa shape index (κ1) is 17.3. The molecule has 0 saturated heterocycles. The lowest BCUT2D eigenvalue weighted by atomic mass is 9.83. The normalized spacial score (nSPS) is 13.7. The topological polar surface area (TPSA) is 46.2 Å². The van der Waals surface area contributed by atoms with Gasteiger partial charge in [-0.3, -0.25) is 9.59 Å². The maximum Gasteiger partial charge on any atom is 0.251 e. The highest BCUT2D eigenvalue weighted by Crippen LogP contribution is 2.23. The van der Waals surface area contributed by atoms with Gasteiger partial charge in [0, 0.05) is 27.6 Å². The van der Waals surface area contributed by atoms with Crippen molar-refractivity contribution in [2.75, 3.05) is 12.4 Å². The molecule has 0 radical (unpaired) electrons. The lowest BCUT2D eigenvalue weighted by Gasteiger charge is -2.26. The fourth-order valence-electron chi connectivity index (χ4n) is 1.64. The van der Waals surface area contributed by atoms with E-state index < -0.39 is 5.41 Å². The minimum absolute atomic E-state index is 0.0663. The number of ketones is 1. The molecule has 1 aromatic carbocycles. The van der Waals surface area contributed by atoms with E-state index in [-0.39, 0.29) is 24.1 Å². The van der Waals surface area contributed by atoms with Crippen LogP contribution in [0.1, 0.15) is 30.6 Å². The second kappa shape index (κ2) is 7.30. The largest absolute Gasteiger partial charge is 0.351 e. The molecule has 20 heavy (non-hydrogen) atoms. The van der Waals surface area contributed by atoms with E-state index >= 15 is 0 Å². The number of amides is 1. The molecule has 1 atom stereocenters. The van der Waals surface area contributed by atoms with Gasteiger partial charge in [0.1, 0.15) is 0 Å². The summed E-state index contributed by atoms with van der Waals surface area (Å²) in [6, 6.07) is 4.60. The number of benzene rings is 1. The number of rotatable bonds is 6. The van der Waals surface area contributed by atoms with E-state index in [1.165, 1.54) is 12.1 Å². The SMILES string of the molecule is CCC(C)(CNC(=O)c1cc(Cl)cc(Cl)c1)C(=O)CCl. The first-order valence-corrected chi connectivity index (χ1v) is 7.45. The lowest BCUT2D eigenvalue weighted by Crippen LogP contribution is -2.41. The van der Waals surface area contributed by atoms with Gasteiger partial charge in [0.05, 0.1) is 5.88 Å². The third-order valence-corrected chi connectivity index (χ3v) is 4.02.